The van der Waals surface area contributed by atoms with Crippen LogP contribution in [-0.2, 0) is 6.54 Å². The van der Waals surface area contributed by atoms with Crippen LogP contribution in [0.3, 0.4) is 0 Å². The number of halogens is 1. The van der Waals surface area contributed by atoms with E-state index < -0.39 is 5.38 Å². The van der Waals surface area contributed by atoms with Crippen LogP contribution < -0.4 is 0 Å². The van der Waals surface area contributed by atoms with E-state index in [1.807, 2.05) is 32.0 Å². The van der Waals surface area contributed by atoms with Gasteiger partial charge in [-0.25, -0.2) is 0 Å². The molecule has 1 aromatic heterocycles. The van der Waals surface area contributed by atoms with Gasteiger partial charge in [-0.15, -0.1) is 11.6 Å². The van der Waals surface area contributed by atoms with Crippen molar-refractivity contribution in [3.8, 4) is 0 Å². The monoisotopic (exact) mass is 289 g/mol. The molecule has 0 radical (unpaired) electrons. The van der Waals surface area contributed by atoms with Crippen molar-refractivity contribution in [3.05, 3.63) is 58.4 Å². The van der Waals surface area contributed by atoms with Gasteiger partial charge < -0.3 is 4.57 Å². The molecule has 1 aromatic carbocycles. The first-order chi connectivity index (χ1) is 9.41. The minimum atomic E-state index is -0.484. The lowest BCUT2D eigenvalue weighted by atomic mass is 10.1. The summed E-state index contributed by atoms with van der Waals surface area (Å²) in [5, 5.41) is -0.484. The van der Waals surface area contributed by atoms with Crippen LogP contribution in [0.1, 0.15) is 39.8 Å². The number of Topliss-reactive ketones (excluding diaryl/α,β-unsaturated/α-hetero) is 1. The van der Waals surface area contributed by atoms with Crippen LogP contribution in [0.5, 0.6) is 0 Å². The van der Waals surface area contributed by atoms with Gasteiger partial charge in [0.2, 0.25) is 0 Å². The predicted octanol–water partition coefficient (Wildman–Crippen LogP) is 4.27. The first kappa shape index (κ1) is 14.9. The Morgan fingerprint density at radius 3 is 2.50 bits per heavy atom. The Balaban J connectivity index is 2.39. The fourth-order valence-electron chi connectivity index (χ4n) is 2.47. The van der Waals surface area contributed by atoms with Crippen molar-refractivity contribution in [2.75, 3.05) is 0 Å². The number of benzene rings is 1. The molecule has 0 saturated heterocycles. The van der Waals surface area contributed by atoms with E-state index in [9.17, 15) is 4.79 Å². The highest BCUT2D eigenvalue weighted by Gasteiger charge is 2.19. The highest BCUT2D eigenvalue weighted by Crippen LogP contribution is 2.21. The molecule has 0 fully saturated rings. The first-order valence-electron chi connectivity index (χ1n) is 6.81. The number of hydrogen-bond donors (Lipinski definition) is 0. The van der Waals surface area contributed by atoms with Gasteiger partial charge >= 0.3 is 0 Å². The van der Waals surface area contributed by atoms with E-state index in [0.29, 0.717) is 0 Å². The number of hydrogen-bond acceptors (Lipinski definition) is 1. The van der Waals surface area contributed by atoms with E-state index in [0.717, 1.165) is 23.5 Å². The highest BCUT2D eigenvalue weighted by molar-refractivity contribution is 6.33. The quantitative estimate of drug-likeness (QED) is 0.608. The number of ketones is 1. The van der Waals surface area contributed by atoms with Gasteiger partial charge in [-0.2, -0.15) is 0 Å². The molecular weight excluding hydrogens is 270 g/mol. The molecule has 20 heavy (non-hydrogen) atoms. The summed E-state index contributed by atoms with van der Waals surface area (Å²) in [6.07, 6.45) is 0. The molecule has 0 spiro atoms. The molecule has 0 amide bonds. The van der Waals surface area contributed by atoms with Crippen molar-refractivity contribution in [1.82, 2.24) is 4.57 Å². The van der Waals surface area contributed by atoms with Crippen LogP contribution in [0.2, 0.25) is 0 Å². The van der Waals surface area contributed by atoms with Gasteiger partial charge in [-0.05, 0) is 44.9 Å². The second kappa shape index (κ2) is 5.84. The molecule has 2 nitrogen and oxygen atoms in total. The number of carbonyl (C=O) groups excluding carboxylic acids is 1. The Kier molecular flexibility index (Phi) is 4.34. The van der Waals surface area contributed by atoms with Crippen LogP contribution in [0.4, 0.5) is 0 Å². The van der Waals surface area contributed by atoms with Crippen molar-refractivity contribution >= 4 is 17.4 Å². The molecule has 1 heterocycles. The minimum absolute atomic E-state index is 0.00389. The fourth-order valence-corrected chi connectivity index (χ4v) is 2.58. The summed E-state index contributed by atoms with van der Waals surface area (Å²) in [6, 6.07) is 10.3. The topological polar surface area (TPSA) is 22.0 Å². The van der Waals surface area contributed by atoms with E-state index in [-0.39, 0.29) is 5.78 Å². The van der Waals surface area contributed by atoms with E-state index in [4.69, 9.17) is 11.6 Å². The molecule has 3 heteroatoms. The molecule has 1 unspecified atom stereocenters. The summed E-state index contributed by atoms with van der Waals surface area (Å²) >= 11 is 5.92. The molecule has 0 aliphatic heterocycles. The summed E-state index contributed by atoms with van der Waals surface area (Å²) in [4.78, 5) is 12.1. The lowest BCUT2D eigenvalue weighted by Crippen LogP contribution is -2.12. The molecular formula is C17H20ClNO. The Hall–Kier alpha value is -1.54. The number of aromatic nitrogens is 1. The van der Waals surface area contributed by atoms with Crippen molar-refractivity contribution < 1.29 is 4.79 Å². The normalized spacial score (nSPS) is 12.4. The van der Waals surface area contributed by atoms with Crippen molar-refractivity contribution in [2.24, 2.45) is 0 Å². The van der Waals surface area contributed by atoms with Crippen molar-refractivity contribution in [2.45, 2.75) is 39.6 Å². The molecule has 0 bridgehead atoms. The van der Waals surface area contributed by atoms with Crippen molar-refractivity contribution in [3.63, 3.8) is 0 Å². The maximum Gasteiger partial charge on any atom is 0.182 e. The Bertz CT molecular complexity index is 640. The van der Waals surface area contributed by atoms with E-state index in [1.165, 1.54) is 11.1 Å². The Labute approximate surface area is 125 Å². The van der Waals surface area contributed by atoms with Gasteiger partial charge in [0, 0.05) is 23.5 Å². The highest BCUT2D eigenvalue weighted by atomic mass is 35.5. The fraction of sp³-hybridized carbons (Fsp3) is 0.353. The molecule has 0 aliphatic rings. The summed E-state index contributed by atoms with van der Waals surface area (Å²) < 4.78 is 2.18. The van der Waals surface area contributed by atoms with Crippen LogP contribution >= 0.6 is 11.6 Å². The van der Waals surface area contributed by atoms with Gasteiger partial charge in [0.1, 0.15) is 0 Å². The average Bonchev–Trinajstić information content (AvgIpc) is 2.68. The van der Waals surface area contributed by atoms with Crippen LogP contribution in [0.15, 0.2) is 30.3 Å². The predicted molar refractivity (Wildman–Crippen MR) is 83.8 cm³/mol. The number of aryl methyl sites for hydroxylation is 2. The molecule has 0 N–H and O–H groups in total. The lowest BCUT2D eigenvalue weighted by Gasteiger charge is -2.12. The van der Waals surface area contributed by atoms with E-state index in [2.05, 4.69) is 23.6 Å². The van der Waals surface area contributed by atoms with Crippen LogP contribution in [-0.4, -0.2) is 15.7 Å². The molecule has 2 rings (SSSR count). The summed E-state index contributed by atoms with van der Waals surface area (Å²) in [6.45, 7) is 8.63. The van der Waals surface area contributed by atoms with Gasteiger partial charge in [-0.3, -0.25) is 4.79 Å². The molecule has 0 aliphatic carbocycles. The lowest BCUT2D eigenvalue weighted by molar-refractivity contribution is 0.0991. The zero-order chi connectivity index (χ0) is 14.9. The standard InChI is InChI=1S/C17H20ClNO/c1-11-7-5-6-8-15(11)10-19-12(2)9-16(14(19)4)17(20)13(3)18/h5-9,13H,10H2,1-4H3. The molecule has 106 valence electrons. The van der Waals surface area contributed by atoms with Gasteiger partial charge in [0.05, 0.1) is 5.38 Å². The second-order valence-corrected chi connectivity index (χ2v) is 5.93. The van der Waals surface area contributed by atoms with Gasteiger partial charge in [0.15, 0.2) is 5.78 Å². The van der Waals surface area contributed by atoms with Crippen molar-refractivity contribution in [1.29, 1.82) is 0 Å². The maximum absolute atomic E-state index is 12.1. The van der Waals surface area contributed by atoms with Crippen LogP contribution in [0, 0.1) is 20.8 Å². The molecule has 2 aromatic rings. The molecule has 1 atom stereocenters. The maximum atomic E-state index is 12.1. The zero-order valence-corrected chi connectivity index (χ0v) is 13.2. The Morgan fingerprint density at radius 2 is 1.90 bits per heavy atom. The summed E-state index contributed by atoms with van der Waals surface area (Å²) in [7, 11) is 0. The summed E-state index contributed by atoms with van der Waals surface area (Å²) in [5.41, 5.74) is 5.35. The SMILES string of the molecule is Cc1ccccc1Cn1c(C)cc(C(=O)C(C)Cl)c1C. The number of rotatable bonds is 4. The van der Waals surface area contributed by atoms with E-state index in [1.54, 1.807) is 6.92 Å². The number of carbonyl (C=O) groups is 1. The largest absolute Gasteiger partial charge is 0.344 e. The first-order valence-corrected chi connectivity index (χ1v) is 7.25. The summed E-state index contributed by atoms with van der Waals surface area (Å²) in [5.74, 6) is -0.00389. The third-order valence-electron chi connectivity index (χ3n) is 3.79. The molecule has 0 saturated carbocycles. The van der Waals surface area contributed by atoms with Gasteiger partial charge in [-0.1, -0.05) is 24.3 Å². The van der Waals surface area contributed by atoms with Gasteiger partial charge in [0.25, 0.3) is 0 Å². The zero-order valence-electron chi connectivity index (χ0n) is 12.4. The third-order valence-corrected chi connectivity index (χ3v) is 3.99. The smallest absolute Gasteiger partial charge is 0.182 e. The third kappa shape index (κ3) is 2.80. The second-order valence-electron chi connectivity index (χ2n) is 5.28. The number of nitrogens with zero attached hydrogens (tertiary/aromatic N) is 1. The van der Waals surface area contributed by atoms with Crippen LogP contribution in [0.25, 0.3) is 0 Å². The number of alkyl halides is 1. The minimum Gasteiger partial charge on any atom is -0.344 e. The Morgan fingerprint density at radius 1 is 1.25 bits per heavy atom. The van der Waals surface area contributed by atoms with E-state index >= 15 is 0 Å². The average molecular weight is 290 g/mol.